The molecule has 0 bridgehead atoms. The quantitative estimate of drug-likeness (QED) is 0.632. The molecule has 84 valence electrons. The van der Waals surface area contributed by atoms with Crippen LogP contribution < -0.4 is 0 Å². The molecule has 1 N–H and O–H groups in total. The van der Waals surface area contributed by atoms with Gasteiger partial charge in [0.1, 0.15) is 0 Å². The highest BCUT2D eigenvalue weighted by Gasteiger charge is 2.32. The van der Waals surface area contributed by atoms with Gasteiger partial charge in [-0.15, -0.1) is 0 Å². The van der Waals surface area contributed by atoms with Gasteiger partial charge in [-0.2, -0.15) is 5.26 Å². The molecule has 6 nitrogen and oxygen atoms in total. The van der Waals surface area contributed by atoms with Crippen molar-refractivity contribution in [1.29, 1.82) is 5.26 Å². The third-order valence-corrected chi connectivity index (χ3v) is 4.03. The number of nitrogens with zero attached hydrogens (tertiary/aromatic N) is 2. The van der Waals surface area contributed by atoms with Crippen molar-refractivity contribution in [1.82, 2.24) is 4.90 Å². The molecule has 0 spiro atoms. The van der Waals surface area contributed by atoms with E-state index in [0.717, 1.165) is 0 Å². The lowest BCUT2D eigenvalue weighted by atomic mass is 10.2. The van der Waals surface area contributed by atoms with Crippen LogP contribution >= 0.6 is 0 Å². The Morgan fingerprint density at radius 2 is 2.27 bits per heavy atom. The van der Waals surface area contributed by atoms with Crippen LogP contribution in [0, 0.1) is 11.3 Å². The molecule has 0 radical (unpaired) electrons. The zero-order valence-corrected chi connectivity index (χ0v) is 8.90. The second kappa shape index (κ2) is 4.59. The van der Waals surface area contributed by atoms with E-state index < -0.39 is 21.8 Å². The Balaban J connectivity index is 2.74. The molecule has 0 aromatic rings. The van der Waals surface area contributed by atoms with Crippen LogP contribution in [-0.4, -0.2) is 55.0 Å². The standard InChI is InChI=1S/C8H12N2O4S/c9-1-2-10-3-4-15(13,14)6-7(10)5-8(11)12/h7H,2-6H2,(H,11,12). The molecule has 1 unspecified atom stereocenters. The minimum atomic E-state index is -3.14. The van der Waals surface area contributed by atoms with Gasteiger partial charge in [0.05, 0.1) is 30.5 Å². The SMILES string of the molecule is N#CCN1CCS(=O)(=O)CC1CC(=O)O. The van der Waals surface area contributed by atoms with Gasteiger partial charge in [0, 0.05) is 12.6 Å². The zero-order chi connectivity index (χ0) is 11.5. The first-order valence-electron chi connectivity index (χ1n) is 4.48. The summed E-state index contributed by atoms with van der Waals surface area (Å²) in [6.07, 6.45) is -0.235. The normalized spacial score (nSPS) is 25.7. The first-order valence-corrected chi connectivity index (χ1v) is 6.30. The molecule has 1 heterocycles. The number of hydrogen-bond acceptors (Lipinski definition) is 5. The van der Waals surface area contributed by atoms with Crippen LogP contribution in [0.1, 0.15) is 6.42 Å². The smallest absolute Gasteiger partial charge is 0.304 e. The molecule has 15 heavy (non-hydrogen) atoms. The molecule has 1 fully saturated rings. The molecule has 0 aromatic carbocycles. The molecule has 1 saturated heterocycles. The number of aliphatic carboxylic acids is 1. The van der Waals surface area contributed by atoms with E-state index in [4.69, 9.17) is 10.4 Å². The van der Waals surface area contributed by atoms with E-state index >= 15 is 0 Å². The van der Waals surface area contributed by atoms with Crippen LogP contribution in [0.4, 0.5) is 0 Å². The van der Waals surface area contributed by atoms with E-state index in [9.17, 15) is 13.2 Å². The number of rotatable bonds is 3. The van der Waals surface area contributed by atoms with Crippen molar-refractivity contribution in [3.63, 3.8) is 0 Å². The maximum Gasteiger partial charge on any atom is 0.304 e. The zero-order valence-electron chi connectivity index (χ0n) is 8.09. The maximum atomic E-state index is 11.3. The highest BCUT2D eigenvalue weighted by atomic mass is 32.2. The maximum absolute atomic E-state index is 11.3. The Labute approximate surface area is 88.0 Å². The lowest BCUT2D eigenvalue weighted by molar-refractivity contribution is -0.138. The second-order valence-corrected chi connectivity index (χ2v) is 5.72. The average Bonchev–Trinajstić information content (AvgIpc) is 2.08. The van der Waals surface area contributed by atoms with Crippen LogP contribution in [0.2, 0.25) is 0 Å². The third kappa shape index (κ3) is 3.49. The highest BCUT2D eigenvalue weighted by Crippen LogP contribution is 2.14. The van der Waals surface area contributed by atoms with Gasteiger partial charge in [-0.1, -0.05) is 0 Å². The van der Waals surface area contributed by atoms with Crippen LogP contribution in [0.15, 0.2) is 0 Å². The van der Waals surface area contributed by atoms with Crippen LogP contribution in [0.5, 0.6) is 0 Å². The number of carbonyl (C=O) groups is 1. The van der Waals surface area contributed by atoms with Gasteiger partial charge in [0.15, 0.2) is 9.84 Å². The van der Waals surface area contributed by atoms with Gasteiger partial charge in [0.2, 0.25) is 0 Å². The van der Waals surface area contributed by atoms with Crippen LogP contribution in [0.3, 0.4) is 0 Å². The molecular formula is C8H12N2O4S. The molecule has 0 amide bonds. The molecule has 1 atom stereocenters. The lowest BCUT2D eigenvalue weighted by Gasteiger charge is -2.32. The molecule has 1 aliphatic heterocycles. The highest BCUT2D eigenvalue weighted by molar-refractivity contribution is 7.91. The van der Waals surface area contributed by atoms with E-state index in [2.05, 4.69) is 0 Å². The predicted octanol–water partition coefficient (Wildman–Crippen LogP) is -0.916. The molecular weight excluding hydrogens is 220 g/mol. The van der Waals surface area contributed by atoms with E-state index in [1.165, 1.54) is 0 Å². The molecule has 0 aromatic heterocycles. The van der Waals surface area contributed by atoms with Gasteiger partial charge < -0.3 is 5.11 Å². The number of hydrogen-bond donors (Lipinski definition) is 1. The van der Waals surface area contributed by atoms with Crippen molar-refractivity contribution in [2.24, 2.45) is 0 Å². The summed E-state index contributed by atoms with van der Waals surface area (Å²) in [6, 6.07) is 1.34. The van der Waals surface area contributed by atoms with Crippen molar-refractivity contribution in [3.05, 3.63) is 0 Å². The fraction of sp³-hybridized carbons (Fsp3) is 0.750. The minimum absolute atomic E-state index is 0.00476. The fourth-order valence-corrected chi connectivity index (χ4v) is 3.20. The van der Waals surface area contributed by atoms with Crippen LogP contribution in [-0.2, 0) is 14.6 Å². The Kier molecular flexibility index (Phi) is 3.66. The van der Waals surface area contributed by atoms with Crippen molar-refractivity contribution >= 4 is 15.8 Å². The van der Waals surface area contributed by atoms with Crippen LogP contribution in [0.25, 0.3) is 0 Å². The summed E-state index contributed by atoms with van der Waals surface area (Å²) in [6.45, 7) is 0.321. The van der Waals surface area contributed by atoms with Gasteiger partial charge in [-0.05, 0) is 0 Å². The summed E-state index contributed by atoms with van der Waals surface area (Å²) in [7, 11) is -3.14. The van der Waals surface area contributed by atoms with E-state index in [1.807, 2.05) is 6.07 Å². The monoisotopic (exact) mass is 232 g/mol. The fourth-order valence-electron chi connectivity index (χ4n) is 1.61. The molecule has 0 saturated carbocycles. The lowest BCUT2D eigenvalue weighted by Crippen LogP contribution is -2.49. The first kappa shape index (κ1) is 11.9. The molecule has 0 aliphatic carbocycles. The van der Waals surface area contributed by atoms with Gasteiger partial charge in [0.25, 0.3) is 0 Å². The van der Waals surface area contributed by atoms with E-state index in [-0.39, 0.29) is 31.0 Å². The molecule has 1 aliphatic rings. The summed E-state index contributed by atoms with van der Waals surface area (Å²) < 4.78 is 22.6. The van der Waals surface area contributed by atoms with Crippen molar-refractivity contribution in [2.45, 2.75) is 12.5 Å². The molecule has 7 heteroatoms. The summed E-state index contributed by atoms with van der Waals surface area (Å²) in [5.74, 6) is -1.20. The van der Waals surface area contributed by atoms with Gasteiger partial charge in [-0.25, -0.2) is 8.42 Å². The predicted molar refractivity (Wildman–Crippen MR) is 51.9 cm³/mol. The Morgan fingerprint density at radius 1 is 1.60 bits per heavy atom. The average molecular weight is 232 g/mol. The van der Waals surface area contributed by atoms with E-state index in [0.29, 0.717) is 0 Å². The summed E-state index contributed by atoms with van der Waals surface area (Å²) in [4.78, 5) is 12.1. The largest absolute Gasteiger partial charge is 0.481 e. The first-order chi connectivity index (χ1) is 6.94. The van der Waals surface area contributed by atoms with Crippen molar-refractivity contribution in [2.75, 3.05) is 24.6 Å². The van der Waals surface area contributed by atoms with Gasteiger partial charge in [-0.3, -0.25) is 9.69 Å². The van der Waals surface area contributed by atoms with Crippen molar-refractivity contribution < 1.29 is 18.3 Å². The summed E-state index contributed by atoms with van der Waals surface area (Å²) in [5, 5.41) is 17.1. The molecule has 1 rings (SSSR count). The Hall–Kier alpha value is -1.13. The Bertz CT molecular complexity index is 384. The minimum Gasteiger partial charge on any atom is -0.481 e. The number of nitriles is 1. The topological polar surface area (TPSA) is 98.5 Å². The second-order valence-electron chi connectivity index (χ2n) is 3.49. The number of sulfone groups is 1. The Morgan fingerprint density at radius 3 is 2.80 bits per heavy atom. The van der Waals surface area contributed by atoms with Crippen molar-refractivity contribution in [3.8, 4) is 6.07 Å². The third-order valence-electron chi connectivity index (χ3n) is 2.34. The number of carboxylic acid groups (broad SMARTS) is 1. The van der Waals surface area contributed by atoms with E-state index in [1.54, 1.807) is 4.90 Å². The summed E-state index contributed by atoms with van der Waals surface area (Å²) >= 11 is 0. The summed E-state index contributed by atoms with van der Waals surface area (Å²) in [5.41, 5.74) is 0. The van der Waals surface area contributed by atoms with Gasteiger partial charge >= 0.3 is 5.97 Å². The number of carboxylic acids is 1.